The predicted octanol–water partition coefficient (Wildman–Crippen LogP) is 2.07. The highest BCUT2D eigenvalue weighted by molar-refractivity contribution is 5.04. The number of aromatic nitrogens is 1. The van der Waals surface area contributed by atoms with Crippen molar-refractivity contribution >= 4 is 0 Å². The van der Waals surface area contributed by atoms with Crippen molar-refractivity contribution in [2.24, 2.45) is 5.92 Å². The maximum Gasteiger partial charge on any atom is 0.208 e. The van der Waals surface area contributed by atoms with Crippen LogP contribution in [0.4, 0.5) is 0 Å². The van der Waals surface area contributed by atoms with Gasteiger partial charge in [-0.1, -0.05) is 6.92 Å². The standard InChI is InChI=1S/C13H20N2O2/c1-9-8-16-5-4-11(9)12-6-15-13(17-12)7-14-10-2-3-10/h6,9-11,14H,2-5,7-8H2,1H3. The average molecular weight is 236 g/mol. The van der Waals surface area contributed by atoms with Gasteiger partial charge in [0, 0.05) is 25.2 Å². The van der Waals surface area contributed by atoms with Crippen LogP contribution in [0.1, 0.15) is 43.8 Å². The molecule has 1 aliphatic carbocycles. The third-order valence-corrected chi connectivity index (χ3v) is 3.70. The molecule has 2 heterocycles. The van der Waals surface area contributed by atoms with Crippen molar-refractivity contribution in [1.82, 2.24) is 10.3 Å². The minimum Gasteiger partial charge on any atom is -0.444 e. The number of ether oxygens (including phenoxy) is 1. The van der Waals surface area contributed by atoms with Gasteiger partial charge >= 0.3 is 0 Å². The zero-order valence-electron chi connectivity index (χ0n) is 10.3. The molecule has 4 heteroatoms. The summed E-state index contributed by atoms with van der Waals surface area (Å²) >= 11 is 0. The highest BCUT2D eigenvalue weighted by atomic mass is 16.5. The van der Waals surface area contributed by atoms with E-state index in [1.54, 1.807) is 0 Å². The van der Waals surface area contributed by atoms with Gasteiger partial charge in [-0.3, -0.25) is 0 Å². The fourth-order valence-corrected chi connectivity index (χ4v) is 2.40. The van der Waals surface area contributed by atoms with E-state index in [9.17, 15) is 0 Å². The smallest absolute Gasteiger partial charge is 0.208 e. The lowest BCUT2D eigenvalue weighted by molar-refractivity contribution is 0.0418. The van der Waals surface area contributed by atoms with Gasteiger partial charge in [-0.25, -0.2) is 4.98 Å². The predicted molar refractivity (Wildman–Crippen MR) is 63.7 cm³/mol. The molecular weight excluding hydrogens is 216 g/mol. The van der Waals surface area contributed by atoms with Crippen LogP contribution in [0, 0.1) is 5.92 Å². The van der Waals surface area contributed by atoms with Gasteiger partial charge in [0.15, 0.2) is 0 Å². The molecule has 2 unspecified atom stereocenters. The van der Waals surface area contributed by atoms with Crippen LogP contribution in [0.3, 0.4) is 0 Å². The van der Waals surface area contributed by atoms with Crippen LogP contribution < -0.4 is 5.32 Å². The molecule has 0 amide bonds. The molecule has 0 aromatic carbocycles. The second kappa shape index (κ2) is 4.78. The van der Waals surface area contributed by atoms with E-state index >= 15 is 0 Å². The van der Waals surface area contributed by atoms with E-state index in [1.807, 2.05) is 6.20 Å². The Morgan fingerprint density at radius 1 is 1.41 bits per heavy atom. The Kier molecular flexibility index (Phi) is 3.16. The molecule has 2 fully saturated rings. The lowest BCUT2D eigenvalue weighted by atomic mass is 9.88. The molecule has 2 aliphatic rings. The Morgan fingerprint density at radius 2 is 2.29 bits per heavy atom. The summed E-state index contributed by atoms with van der Waals surface area (Å²) in [4.78, 5) is 4.36. The molecule has 94 valence electrons. The van der Waals surface area contributed by atoms with Crippen LogP contribution in [0.5, 0.6) is 0 Å². The molecule has 1 N–H and O–H groups in total. The summed E-state index contributed by atoms with van der Waals surface area (Å²) in [5.41, 5.74) is 0. The third kappa shape index (κ3) is 2.69. The van der Waals surface area contributed by atoms with Gasteiger partial charge in [-0.05, 0) is 25.2 Å². The van der Waals surface area contributed by atoms with Crippen LogP contribution in [0.2, 0.25) is 0 Å². The zero-order valence-corrected chi connectivity index (χ0v) is 10.3. The second-order valence-corrected chi connectivity index (χ2v) is 5.26. The molecule has 3 rings (SSSR count). The van der Waals surface area contributed by atoms with E-state index in [4.69, 9.17) is 9.15 Å². The van der Waals surface area contributed by atoms with E-state index < -0.39 is 0 Å². The van der Waals surface area contributed by atoms with Gasteiger partial charge in [0.1, 0.15) is 5.76 Å². The second-order valence-electron chi connectivity index (χ2n) is 5.26. The molecule has 2 atom stereocenters. The van der Waals surface area contributed by atoms with E-state index in [0.717, 1.165) is 37.8 Å². The molecule has 0 bridgehead atoms. The summed E-state index contributed by atoms with van der Waals surface area (Å²) in [7, 11) is 0. The summed E-state index contributed by atoms with van der Waals surface area (Å²) in [6.45, 7) is 4.66. The van der Waals surface area contributed by atoms with Crippen LogP contribution in [-0.4, -0.2) is 24.2 Å². The van der Waals surface area contributed by atoms with E-state index in [2.05, 4.69) is 17.2 Å². The summed E-state index contributed by atoms with van der Waals surface area (Å²) in [6.07, 6.45) is 5.54. The van der Waals surface area contributed by atoms with Crippen molar-refractivity contribution in [3.63, 3.8) is 0 Å². The van der Waals surface area contributed by atoms with E-state index in [-0.39, 0.29) is 0 Å². The maximum atomic E-state index is 5.84. The SMILES string of the molecule is CC1COCCC1c1cnc(CNC2CC2)o1. The molecule has 1 aromatic rings. The first kappa shape index (κ1) is 11.2. The van der Waals surface area contributed by atoms with Gasteiger partial charge in [0.05, 0.1) is 12.7 Å². The molecule has 1 saturated carbocycles. The monoisotopic (exact) mass is 236 g/mol. The third-order valence-electron chi connectivity index (χ3n) is 3.70. The van der Waals surface area contributed by atoms with Gasteiger partial charge in [0.25, 0.3) is 0 Å². The summed E-state index contributed by atoms with van der Waals surface area (Å²) < 4.78 is 11.3. The first-order valence-corrected chi connectivity index (χ1v) is 6.58. The Morgan fingerprint density at radius 3 is 3.06 bits per heavy atom. The molecular formula is C13H20N2O2. The summed E-state index contributed by atoms with van der Waals surface area (Å²) in [6, 6.07) is 0.701. The van der Waals surface area contributed by atoms with Crippen molar-refractivity contribution in [2.45, 2.75) is 44.7 Å². The minimum atomic E-state index is 0.478. The molecule has 0 radical (unpaired) electrons. The largest absolute Gasteiger partial charge is 0.444 e. The van der Waals surface area contributed by atoms with Crippen LogP contribution in [0.25, 0.3) is 0 Å². The zero-order chi connectivity index (χ0) is 11.7. The fraction of sp³-hybridized carbons (Fsp3) is 0.769. The number of hydrogen-bond acceptors (Lipinski definition) is 4. The molecule has 1 saturated heterocycles. The Hall–Kier alpha value is -0.870. The topological polar surface area (TPSA) is 47.3 Å². The van der Waals surface area contributed by atoms with Crippen molar-refractivity contribution < 1.29 is 9.15 Å². The normalized spacial score (nSPS) is 29.5. The fourth-order valence-electron chi connectivity index (χ4n) is 2.40. The number of nitrogens with one attached hydrogen (secondary N) is 1. The van der Waals surface area contributed by atoms with Gasteiger partial charge in [0.2, 0.25) is 5.89 Å². The molecule has 0 spiro atoms. The molecule has 1 aliphatic heterocycles. The number of nitrogens with zero attached hydrogens (tertiary/aromatic N) is 1. The van der Waals surface area contributed by atoms with Crippen molar-refractivity contribution in [1.29, 1.82) is 0 Å². The summed E-state index contributed by atoms with van der Waals surface area (Å²) in [5.74, 6) is 2.87. The van der Waals surface area contributed by atoms with Gasteiger partial charge < -0.3 is 14.5 Å². The van der Waals surface area contributed by atoms with Crippen molar-refractivity contribution in [2.75, 3.05) is 13.2 Å². The molecule has 17 heavy (non-hydrogen) atoms. The highest BCUT2D eigenvalue weighted by Crippen LogP contribution is 2.32. The minimum absolute atomic E-state index is 0.478. The van der Waals surface area contributed by atoms with Crippen molar-refractivity contribution in [3.8, 4) is 0 Å². The van der Waals surface area contributed by atoms with E-state index in [0.29, 0.717) is 17.9 Å². The number of oxazole rings is 1. The lowest BCUT2D eigenvalue weighted by Gasteiger charge is -2.26. The quantitative estimate of drug-likeness (QED) is 0.869. The van der Waals surface area contributed by atoms with E-state index in [1.165, 1.54) is 12.8 Å². The maximum absolute atomic E-state index is 5.84. The molecule has 1 aromatic heterocycles. The highest BCUT2D eigenvalue weighted by Gasteiger charge is 2.27. The Balaban J connectivity index is 1.61. The van der Waals surface area contributed by atoms with Crippen LogP contribution in [0.15, 0.2) is 10.6 Å². The number of rotatable bonds is 4. The van der Waals surface area contributed by atoms with Crippen molar-refractivity contribution in [3.05, 3.63) is 17.8 Å². The summed E-state index contributed by atoms with van der Waals surface area (Å²) in [5, 5.41) is 3.42. The van der Waals surface area contributed by atoms with Crippen LogP contribution >= 0.6 is 0 Å². The molecule has 4 nitrogen and oxygen atoms in total. The first-order chi connectivity index (χ1) is 8.33. The van der Waals surface area contributed by atoms with Crippen LogP contribution in [-0.2, 0) is 11.3 Å². The first-order valence-electron chi connectivity index (χ1n) is 6.58. The van der Waals surface area contributed by atoms with Gasteiger partial charge in [-0.15, -0.1) is 0 Å². The Labute approximate surface area is 102 Å². The number of hydrogen-bond donors (Lipinski definition) is 1. The van der Waals surface area contributed by atoms with Gasteiger partial charge in [-0.2, -0.15) is 0 Å². The Bertz CT molecular complexity index is 373. The average Bonchev–Trinajstić information content (AvgIpc) is 3.06. The lowest BCUT2D eigenvalue weighted by Crippen LogP contribution is -2.23.